The van der Waals surface area contributed by atoms with E-state index in [4.69, 9.17) is 4.74 Å². The summed E-state index contributed by atoms with van der Waals surface area (Å²) in [5.41, 5.74) is 0.819. The quantitative estimate of drug-likeness (QED) is 0.496. The van der Waals surface area contributed by atoms with Gasteiger partial charge in [-0.3, -0.25) is 4.79 Å². The van der Waals surface area contributed by atoms with Gasteiger partial charge in [0.25, 0.3) is 0 Å². The minimum absolute atomic E-state index is 0.134. The molecule has 0 amide bonds. The molecule has 0 heterocycles. The van der Waals surface area contributed by atoms with Crippen LogP contribution in [0.1, 0.15) is 34.6 Å². The summed E-state index contributed by atoms with van der Waals surface area (Å²) < 4.78 is 4.96. The summed E-state index contributed by atoms with van der Waals surface area (Å²) in [6.45, 7) is 14.0. The minimum atomic E-state index is -0.188. The van der Waals surface area contributed by atoms with E-state index in [-0.39, 0.29) is 17.3 Å². The van der Waals surface area contributed by atoms with Gasteiger partial charge in [0.15, 0.2) is 0 Å². The highest BCUT2D eigenvalue weighted by Gasteiger charge is 2.32. The first-order chi connectivity index (χ1) is 5.84. The van der Waals surface area contributed by atoms with Crippen LogP contribution in [0, 0.1) is 11.3 Å². The zero-order chi connectivity index (χ0) is 10.6. The number of carbonyl (C=O) groups is 1. The summed E-state index contributed by atoms with van der Waals surface area (Å²) in [6.07, 6.45) is 0. The fourth-order valence-electron chi connectivity index (χ4n) is 0.931. The molecule has 0 saturated heterocycles. The van der Waals surface area contributed by atoms with Crippen molar-refractivity contribution in [3.63, 3.8) is 0 Å². The van der Waals surface area contributed by atoms with Gasteiger partial charge in [0.1, 0.15) is 0 Å². The van der Waals surface area contributed by atoms with E-state index in [9.17, 15) is 4.79 Å². The first-order valence-electron chi connectivity index (χ1n) is 4.66. The van der Waals surface area contributed by atoms with Crippen molar-refractivity contribution in [2.45, 2.75) is 34.6 Å². The fourth-order valence-corrected chi connectivity index (χ4v) is 0.931. The van der Waals surface area contributed by atoms with Crippen LogP contribution in [0.2, 0.25) is 0 Å². The Bertz CT molecular complexity index is 204. The molecule has 0 radical (unpaired) electrons. The van der Waals surface area contributed by atoms with Gasteiger partial charge in [0.05, 0.1) is 12.5 Å². The molecule has 2 nitrogen and oxygen atoms in total. The molecule has 0 spiro atoms. The van der Waals surface area contributed by atoms with Crippen molar-refractivity contribution in [1.82, 2.24) is 0 Å². The fraction of sp³-hybridized carbons (Fsp3) is 0.727. The lowest BCUT2D eigenvalue weighted by Crippen LogP contribution is -2.30. The zero-order valence-corrected chi connectivity index (χ0v) is 9.31. The molecule has 0 aromatic heterocycles. The van der Waals surface area contributed by atoms with Gasteiger partial charge in [0, 0.05) is 0 Å². The molecule has 0 bridgehead atoms. The molecule has 0 aliphatic rings. The minimum Gasteiger partial charge on any atom is -0.466 e. The molecule has 0 aliphatic carbocycles. The van der Waals surface area contributed by atoms with E-state index in [0.29, 0.717) is 6.61 Å². The van der Waals surface area contributed by atoms with E-state index >= 15 is 0 Å². The van der Waals surface area contributed by atoms with Crippen molar-refractivity contribution >= 4 is 5.97 Å². The van der Waals surface area contributed by atoms with Gasteiger partial charge in [-0.1, -0.05) is 32.9 Å². The van der Waals surface area contributed by atoms with Crippen LogP contribution in [0.25, 0.3) is 0 Å². The summed E-state index contributed by atoms with van der Waals surface area (Å²) in [7, 11) is 0. The average molecular weight is 184 g/mol. The first kappa shape index (κ1) is 12.2. The van der Waals surface area contributed by atoms with Crippen molar-refractivity contribution in [1.29, 1.82) is 0 Å². The highest BCUT2D eigenvalue weighted by atomic mass is 16.5. The summed E-state index contributed by atoms with van der Waals surface area (Å²) >= 11 is 0. The monoisotopic (exact) mass is 184 g/mol. The van der Waals surface area contributed by atoms with Crippen LogP contribution in [0.5, 0.6) is 0 Å². The van der Waals surface area contributed by atoms with Crippen LogP contribution in [-0.4, -0.2) is 12.6 Å². The molecule has 1 unspecified atom stereocenters. The van der Waals surface area contributed by atoms with Crippen LogP contribution in [0.15, 0.2) is 12.2 Å². The Morgan fingerprint density at radius 2 is 2.00 bits per heavy atom. The predicted octanol–water partition coefficient (Wildman–Crippen LogP) is 2.79. The van der Waals surface area contributed by atoms with Crippen molar-refractivity contribution in [2.24, 2.45) is 11.3 Å². The molecule has 76 valence electrons. The van der Waals surface area contributed by atoms with Gasteiger partial charge in [0.2, 0.25) is 0 Å². The Morgan fingerprint density at radius 3 is 2.31 bits per heavy atom. The molecule has 0 fully saturated rings. The Morgan fingerprint density at radius 1 is 1.54 bits per heavy atom. The smallest absolute Gasteiger partial charge is 0.309 e. The number of esters is 1. The molecule has 0 rings (SSSR count). The number of hydrogen-bond donors (Lipinski definition) is 0. The van der Waals surface area contributed by atoms with Crippen molar-refractivity contribution in [3.8, 4) is 0 Å². The van der Waals surface area contributed by atoms with Crippen molar-refractivity contribution < 1.29 is 9.53 Å². The van der Waals surface area contributed by atoms with E-state index in [1.807, 2.05) is 34.6 Å². The zero-order valence-electron chi connectivity index (χ0n) is 9.31. The maximum absolute atomic E-state index is 11.4. The molecule has 2 heteroatoms. The average Bonchev–Trinajstić information content (AvgIpc) is 2.03. The second kappa shape index (κ2) is 4.45. The lowest BCUT2D eigenvalue weighted by atomic mass is 9.75. The number of allylic oxidation sites excluding steroid dienone is 1. The number of rotatable bonds is 4. The Labute approximate surface area is 81.0 Å². The highest BCUT2D eigenvalue weighted by Crippen LogP contribution is 2.34. The van der Waals surface area contributed by atoms with Gasteiger partial charge in [-0.05, 0) is 19.3 Å². The van der Waals surface area contributed by atoms with E-state index < -0.39 is 0 Å². The molecule has 0 aliphatic heterocycles. The lowest BCUT2D eigenvalue weighted by Gasteiger charge is -2.30. The molecule has 0 aromatic rings. The predicted molar refractivity (Wildman–Crippen MR) is 54.4 cm³/mol. The van der Waals surface area contributed by atoms with Gasteiger partial charge < -0.3 is 4.74 Å². The lowest BCUT2D eigenvalue weighted by molar-refractivity contribution is -0.150. The summed E-state index contributed by atoms with van der Waals surface area (Å²) in [5.74, 6) is -0.277. The normalized spacial score (nSPS) is 13.6. The summed E-state index contributed by atoms with van der Waals surface area (Å²) in [6, 6.07) is 0. The third-order valence-corrected chi connectivity index (χ3v) is 2.82. The molecular weight excluding hydrogens is 164 g/mol. The highest BCUT2D eigenvalue weighted by molar-refractivity contribution is 5.73. The second-order valence-corrected chi connectivity index (χ2v) is 3.98. The number of hydrogen-bond acceptors (Lipinski definition) is 2. The Kier molecular flexibility index (Phi) is 4.18. The topological polar surface area (TPSA) is 26.3 Å². The van der Waals surface area contributed by atoms with E-state index in [1.165, 1.54) is 0 Å². The summed E-state index contributed by atoms with van der Waals surface area (Å²) in [5, 5.41) is 0. The van der Waals surface area contributed by atoms with Crippen LogP contribution < -0.4 is 0 Å². The SMILES string of the molecule is C=C(C)C(C)(C)C(C)C(=O)OCC. The van der Waals surface area contributed by atoms with Crippen LogP contribution in [0.3, 0.4) is 0 Å². The Balaban J connectivity index is 4.48. The largest absolute Gasteiger partial charge is 0.466 e. The van der Waals surface area contributed by atoms with Crippen LogP contribution in [0.4, 0.5) is 0 Å². The molecule has 0 N–H and O–H groups in total. The second-order valence-electron chi connectivity index (χ2n) is 3.98. The third-order valence-electron chi connectivity index (χ3n) is 2.82. The standard InChI is InChI=1S/C11H20O2/c1-7-13-10(12)9(4)11(5,6)8(2)3/h9H,2,7H2,1,3-6H3. The molecule has 0 saturated carbocycles. The van der Waals surface area contributed by atoms with Crippen LogP contribution >= 0.6 is 0 Å². The molecule has 0 aromatic carbocycles. The van der Waals surface area contributed by atoms with Gasteiger partial charge in [-0.15, -0.1) is 0 Å². The summed E-state index contributed by atoms with van der Waals surface area (Å²) in [4.78, 5) is 11.4. The van der Waals surface area contributed by atoms with Crippen LogP contribution in [-0.2, 0) is 9.53 Å². The van der Waals surface area contributed by atoms with E-state index in [2.05, 4.69) is 6.58 Å². The molecule has 13 heavy (non-hydrogen) atoms. The molecular formula is C11H20O2. The van der Waals surface area contributed by atoms with Gasteiger partial charge >= 0.3 is 5.97 Å². The maximum atomic E-state index is 11.4. The van der Waals surface area contributed by atoms with Gasteiger partial charge in [-0.2, -0.15) is 0 Å². The van der Waals surface area contributed by atoms with E-state index in [0.717, 1.165) is 5.57 Å². The van der Waals surface area contributed by atoms with Crippen molar-refractivity contribution in [2.75, 3.05) is 6.61 Å². The number of carbonyl (C=O) groups excluding carboxylic acids is 1. The third kappa shape index (κ3) is 2.87. The van der Waals surface area contributed by atoms with E-state index in [1.54, 1.807) is 0 Å². The number of ether oxygens (including phenoxy) is 1. The Hall–Kier alpha value is -0.790. The molecule has 1 atom stereocenters. The first-order valence-corrected chi connectivity index (χ1v) is 4.66. The van der Waals surface area contributed by atoms with Crippen molar-refractivity contribution in [3.05, 3.63) is 12.2 Å². The maximum Gasteiger partial charge on any atom is 0.309 e. The van der Waals surface area contributed by atoms with Gasteiger partial charge in [-0.25, -0.2) is 0 Å².